The summed E-state index contributed by atoms with van der Waals surface area (Å²) in [5, 5.41) is 7.09. The summed E-state index contributed by atoms with van der Waals surface area (Å²) in [5.74, 6) is -2.51. The predicted octanol–water partition coefficient (Wildman–Crippen LogP) is 2.91. The van der Waals surface area contributed by atoms with E-state index in [2.05, 4.69) is 15.6 Å². The van der Waals surface area contributed by atoms with Gasteiger partial charge in [-0.3, -0.25) is 10.1 Å². The van der Waals surface area contributed by atoms with E-state index in [-0.39, 0.29) is 18.1 Å². The summed E-state index contributed by atoms with van der Waals surface area (Å²) in [7, 11) is 0. The second-order valence-corrected chi connectivity index (χ2v) is 7.46. The molecule has 0 spiro atoms. The Bertz CT molecular complexity index is 963. The highest BCUT2D eigenvalue weighted by Gasteiger charge is 2.25. The van der Waals surface area contributed by atoms with Crippen LogP contribution >= 0.6 is 11.3 Å². The molecule has 31 heavy (non-hydrogen) atoms. The molecule has 1 aliphatic heterocycles. The molecule has 0 bridgehead atoms. The Balaban J connectivity index is 1.47. The standard InChI is InChI=1S/C19H21F2N5O4S/c1-2-30-19(29)26-7-5-25(6-8-26)18(28)24-17-23-13(11-31-17)10-16(27)22-12-3-4-14(20)15(21)9-12/h3-4,9,11H,2,5-8,10H2,1H3,(H,22,27)(H,23,24,28). The van der Waals surface area contributed by atoms with Gasteiger partial charge in [0.2, 0.25) is 5.91 Å². The van der Waals surface area contributed by atoms with E-state index in [1.807, 2.05) is 0 Å². The number of hydrogen-bond acceptors (Lipinski definition) is 6. The number of thiazole rings is 1. The Morgan fingerprint density at radius 1 is 1.10 bits per heavy atom. The molecule has 0 saturated carbocycles. The maximum absolute atomic E-state index is 13.2. The van der Waals surface area contributed by atoms with Gasteiger partial charge in [0.05, 0.1) is 18.7 Å². The van der Waals surface area contributed by atoms with Crippen molar-refractivity contribution in [2.24, 2.45) is 0 Å². The molecule has 166 valence electrons. The van der Waals surface area contributed by atoms with E-state index in [0.29, 0.717) is 43.6 Å². The first kappa shape index (κ1) is 22.4. The third-order valence-electron chi connectivity index (χ3n) is 4.40. The monoisotopic (exact) mass is 453 g/mol. The van der Waals surface area contributed by atoms with Crippen LogP contribution in [0.15, 0.2) is 23.6 Å². The molecule has 1 saturated heterocycles. The fourth-order valence-electron chi connectivity index (χ4n) is 2.87. The Labute approximate surface area is 181 Å². The van der Waals surface area contributed by atoms with Crippen LogP contribution in [0, 0.1) is 11.6 Å². The first-order valence-electron chi connectivity index (χ1n) is 9.52. The second kappa shape index (κ2) is 10.2. The lowest BCUT2D eigenvalue weighted by atomic mass is 10.2. The van der Waals surface area contributed by atoms with E-state index in [4.69, 9.17) is 4.74 Å². The highest BCUT2D eigenvalue weighted by atomic mass is 32.1. The molecule has 2 aromatic rings. The number of carbonyl (C=O) groups excluding carboxylic acids is 3. The molecule has 9 nitrogen and oxygen atoms in total. The molecule has 1 aromatic carbocycles. The van der Waals surface area contributed by atoms with E-state index < -0.39 is 23.6 Å². The van der Waals surface area contributed by atoms with Gasteiger partial charge in [-0.15, -0.1) is 11.3 Å². The molecular formula is C19H21F2N5O4S. The highest BCUT2D eigenvalue weighted by molar-refractivity contribution is 7.13. The number of aromatic nitrogens is 1. The van der Waals surface area contributed by atoms with Crippen molar-refractivity contribution in [3.05, 3.63) is 40.9 Å². The van der Waals surface area contributed by atoms with E-state index in [1.165, 1.54) is 6.07 Å². The number of carbonyl (C=O) groups is 3. The molecule has 2 N–H and O–H groups in total. The Morgan fingerprint density at radius 3 is 2.48 bits per heavy atom. The van der Waals surface area contributed by atoms with Crippen molar-refractivity contribution >= 4 is 40.2 Å². The lowest BCUT2D eigenvalue weighted by Gasteiger charge is -2.33. The van der Waals surface area contributed by atoms with Gasteiger partial charge in [-0.2, -0.15) is 0 Å². The van der Waals surface area contributed by atoms with E-state index in [0.717, 1.165) is 23.5 Å². The lowest BCUT2D eigenvalue weighted by Crippen LogP contribution is -2.51. The smallest absolute Gasteiger partial charge is 0.409 e. The van der Waals surface area contributed by atoms with Crippen LogP contribution in [-0.4, -0.2) is 65.6 Å². The van der Waals surface area contributed by atoms with Crippen LogP contribution in [0.1, 0.15) is 12.6 Å². The molecule has 0 aliphatic carbocycles. The minimum atomic E-state index is -1.06. The number of halogens is 2. The Morgan fingerprint density at radius 2 is 1.81 bits per heavy atom. The first-order chi connectivity index (χ1) is 14.9. The molecule has 12 heteroatoms. The van der Waals surface area contributed by atoms with E-state index >= 15 is 0 Å². The molecule has 1 aromatic heterocycles. The summed E-state index contributed by atoms with van der Waals surface area (Å²) < 4.78 is 31.1. The molecule has 1 aliphatic rings. The van der Waals surface area contributed by atoms with Gasteiger partial charge in [0, 0.05) is 43.3 Å². The van der Waals surface area contributed by atoms with Crippen LogP contribution < -0.4 is 10.6 Å². The minimum Gasteiger partial charge on any atom is -0.450 e. The van der Waals surface area contributed by atoms with Crippen molar-refractivity contribution < 1.29 is 27.9 Å². The lowest BCUT2D eigenvalue weighted by molar-refractivity contribution is -0.115. The molecule has 0 atom stereocenters. The number of urea groups is 1. The highest BCUT2D eigenvalue weighted by Crippen LogP contribution is 2.18. The molecule has 4 amide bonds. The number of benzene rings is 1. The number of rotatable bonds is 5. The zero-order valence-corrected chi connectivity index (χ0v) is 17.5. The first-order valence-corrected chi connectivity index (χ1v) is 10.4. The molecule has 2 heterocycles. The summed E-state index contributed by atoms with van der Waals surface area (Å²) in [4.78, 5) is 43.5. The second-order valence-electron chi connectivity index (χ2n) is 6.60. The van der Waals surface area contributed by atoms with Gasteiger partial charge in [0.1, 0.15) is 0 Å². The number of ether oxygens (including phenoxy) is 1. The number of nitrogens with one attached hydrogen (secondary N) is 2. The van der Waals surface area contributed by atoms with Crippen molar-refractivity contribution in [2.75, 3.05) is 43.4 Å². The normalized spacial score (nSPS) is 13.6. The third-order valence-corrected chi connectivity index (χ3v) is 5.21. The van der Waals surface area contributed by atoms with Crippen LogP contribution in [0.3, 0.4) is 0 Å². The summed E-state index contributed by atoms with van der Waals surface area (Å²) in [5.41, 5.74) is 0.558. The molecule has 3 rings (SSSR count). The zero-order chi connectivity index (χ0) is 22.4. The molecule has 0 unspecified atom stereocenters. The summed E-state index contributed by atoms with van der Waals surface area (Å²) in [6, 6.07) is 2.72. The van der Waals surface area contributed by atoms with Crippen LogP contribution in [-0.2, 0) is 16.0 Å². The predicted molar refractivity (Wildman–Crippen MR) is 110 cm³/mol. The summed E-state index contributed by atoms with van der Waals surface area (Å²) in [6.07, 6.45) is -0.488. The number of piperazine rings is 1. The van der Waals surface area contributed by atoms with Crippen molar-refractivity contribution in [2.45, 2.75) is 13.3 Å². The average Bonchev–Trinajstić information content (AvgIpc) is 3.17. The maximum Gasteiger partial charge on any atom is 0.409 e. The van der Waals surface area contributed by atoms with Crippen molar-refractivity contribution in [1.29, 1.82) is 0 Å². The summed E-state index contributed by atoms with van der Waals surface area (Å²) in [6.45, 7) is 3.50. The van der Waals surface area contributed by atoms with Crippen LogP contribution in [0.4, 0.5) is 29.2 Å². The van der Waals surface area contributed by atoms with Gasteiger partial charge in [-0.25, -0.2) is 23.4 Å². The Kier molecular flexibility index (Phi) is 7.34. The quantitative estimate of drug-likeness (QED) is 0.725. The van der Waals surface area contributed by atoms with Gasteiger partial charge in [-0.05, 0) is 19.1 Å². The molecular weight excluding hydrogens is 432 g/mol. The fourth-order valence-corrected chi connectivity index (χ4v) is 3.57. The maximum atomic E-state index is 13.2. The van der Waals surface area contributed by atoms with Gasteiger partial charge in [0.15, 0.2) is 16.8 Å². The number of anilines is 2. The average molecular weight is 453 g/mol. The van der Waals surface area contributed by atoms with Crippen molar-refractivity contribution in [3.8, 4) is 0 Å². The van der Waals surface area contributed by atoms with E-state index in [1.54, 1.807) is 22.1 Å². The third kappa shape index (κ3) is 6.10. The minimum absolute atomic E-state index is 0.0937. The van der Waals surface area contributed by atoms with Gasteiger partial charge < -0.3 is 19.9 Å². The topological polar surface area (TPSA) is 104 Å². The largest absolute Gasteiger partial charge is 0.450 e. The summed E-state index contributed by atoms with van der Waals surface area (Å²) >= 11 is 1.16. The van der Waals surface area contributed by atoms with E-state index in [9.17, 15) is 23.2 Å². The fraction of sp³-hybridized carbons (Fsp3) is 0.368. The Hall–Kier alpha value is -3.28. The van der Waals surface area contributed by atoms with Crippen molar-refractivity contribution in [1.82, 2.24) is 14.8 Å². The number of amides is 4. The SMILES string of the molecule is CCOC(=O)N1CCN(C(=O)Nc2nc(CC(=O)Nc3ccc(F)c(F)c3)cs2)CC1. The van der Waals surface area contributed by atoms with Crippen molar-refractivity contribution in [3.63, 3.8) is 0 Å². The van der Waals surface area contributed by atoms with Gasteiger partial charge >= 0.3 is 12.1 Å². The molecule has 1 fully saturated rings. The van der Waals surface area contributed by atoms with Crippen LogP contribution in [0.5, 0.6) is 0 Å². The van der Waals surface area contributed by atoms with Gasteiger partial charge in [0.25, 0.3) is 0 Å². The molecule has 0 radical (unpaired) electrons. The van der Waals surface area contributed by atoms with Gasteiger partial charge in [-0.1, -0.05) is 0 Å². The zero-order valence-electron chi connectivity index (χ0n) is 16.7. The van der Waals surface area contributed by atoms with Crippen LogP contribution in [0.2, 0.25) is 0 Å². The number of hydrogen-bond donors (Lipinski definition) is 2. The van der Waals surface area contributed by atoms with Crippen LogP contribution in [0.25, 0.3) is 0 Å². The number of nitrogens with zero attached hydrogens (tertiary/aromatic N) is 3.